The van der Waals surface area contributed by atoms with Crippen LogP contribution in [-0.2, 0) is 0 Å². The molecule has 2 aromatic carbocycles. The molecular formula is C21H16N6O. The molecule has 0 amide bonds. The molecule has 0 bridgehead atoms. The van der Waals surface area contributed by atoms with Crippen LogP contribution >= 0.6 is 0 Å². The van der Waals surface area contributed by atoms with Gasteiger partial charge in [-0.2, -0.15) is 5.10 Å². The van der Waals surface area contributed by atoms with Gasteiger partial charge in [-0.05, 0) is 42.5 Å². The van der Waals surface area contributed by atoms with E-state index in [-0.39, 0.29) is 0 Å². The summed E-state index contributed by atoms with van der Waals surface area (Å²) in [6.07, 6.45) is 3.47. The molecule has 0 saturated heterocycles. The van der Waals surface area contributed by atoms with E-state index in [0.29, 0.717) is 17.3 Å². The number of ether oxygens (including phenoxy) is 1. The van der Waals surface area contributed by atoms with Gasteiger partial charge in [0.25, 0.3) is 0 Å². The molecule has 0 spiro atoms. The molecule has 5 rings (SSSR count). The van der Waals surface area contributed by atoms with Gasteiger partial charge in [0.1, 0.15) is 23.1 Å². The van der Waals surface area contributed by atoms with Crippen LogP contribution in [0.25, 0.3) is 33.7 Å². The Bertz CT molecular complexity index is 1230. The predicted octanol–water partition coefficient (Wildman–Crippen LogP) is 4.39. The van der Waals surface area contributed by atoms with Crippen molar-refractivity contribution in [3.63, 3.8) is 0 Å². The number of nitrogens with two attached hydrogens (primary N) is 1. The van der Waals surface area contributed by atoms with Crippen LogP contribution in [0.5, 0.6) is 11.5 Å². The third-order valence-electron chi connectivity index (χ3n) is 4.43. The minimum Gasteiger partial charge on any atom is -0.457 e. The number of nitrogen functional groups attached to an aromatic ring is 1. The molecular weight excluding hydrogens is 352 g/mol. The molecule has 5 aromatic rings. The molecule has 3 aromatic heterocycles. The minimum atomic E-state index is 0.465. The quantitative estimate of drug-likeness (QED) is 0.436. The highest BCUT2D eigenvalue weighted by atomic mass is 16.5. The van der Waals surface area contributed by atoms with Crippen LogP contribution in [0.2, 0.25) is 0 Å². The largest absolute Gasteiger partial charge is 0.457 e. The number of nitrogens with zero attached hydrogens (tertiary/aromatic N) is 3. The molecule has 136 valence electrons. The highest BCUT2D eigenvalue weighted by Crippen LogP contribution is 2.33. The number of imidazole rings is 1. The van der Waals surface area contributed by atoms with E-state index in [1.54, 1.807) is 12.4 Å². The lowest BCUT2D eigenvalue weighted by molar-refractivity contribution is 0.483. The number of fused-ring (bicyclic) bond motifs is 1. The minimum absolute atomic E-state index is 0.465. The van der Waals surface area contributed by atoms with E-state index in [4.69, 9.17) is 10.5 Å². The van der Waals surface area contributed by atoms with Gasteiger partial charge in [0, 0.05) is 23.5 Å². The van der Waals surface area contributed by atoms with Crippen LogP contribution in [0.3, 0.4) is 0 Å². The zero-order chi connectivity index (χ0) is 18.9. The summed E-state index contributed by atoms with van der Waals surface area (Å²) < 4.78 is 5.86. The molecule has 28 heavy (non-hydrogen) atoms. The maximum absolute atomic E-state index is 6.05. The monoisotopic (exact) mass is 368 g/mol. The van der Waals surface area contributed by atoms with Crippen LogP contribution in [0.15, 0.2) is 73.1 Å². The average molecular weight is 368 g/mol. The van der Waals surface area contributed by atoms with Crippen LogP contribution in [0, 0.1) is 0 Å². The number of H-pyrrole nitrogens is 2. The molecule has 0 radical (unpaired) electrons. The number of nitrogens with one attached hydrogen (secondary N) is 2. The summed E-state index contributed by atoms with van der Waals surface area (Å²) in [6.45, 7) is 0. The Kier molecular flexibility index (Phi) is 3.76. The van der Waals surface area contributed by atoms with Gasteiger partial charge in [-0.1, -0.05) is 18.2 Å². The van der Waals surface area contributed by atoms with Gasteiger partial charge >= 0.3 is 0 Å². The third kappa shape index (κ3) is 2.84. The number of benzene rings is 2. The SMILES string of the molecule is Nc1[nH]nc2nc(-c3ccc(Oc4ccccc4)cc3)cc(-c3ncc[nH]3)c12. The standard InChI is InChI=1S/C21H16N6O/c22-19-18-16(20-23-10-11-24-20)12-17(25-21(18)27-26-19)13-6-8-15(9-7-13)28-14-4-2-1-3-5-14/h1-12H,(H,23,24)(H3,22,25,26,27). The van der Waals surface area contributed by atoms with E-state index in [1.165, 1.54) is 0 Å². The van der Waals surface area contributed by atoms with Crippen molar-refractivity contribution in [2.24, 2.45) is 0 Å². The second-order valence-corrected chi connectivity index (χ2v) is 6.27. The first-order valence-electron chi connectivity index (χ1n) is 8.75. The lowest BCUT2D eigenvalue weighted by Gasteiger charge is -2.08. The fourth-order valence-electron chi connectivity index (χ4n) is 3.11. The van der Waals surface area contributed by atoms with Crippen molar-refractivity contribution >= 4 is 16.9 Å². The normalized spacial score (nSPS) is 11.0. The van der Waals surface area contributed by atoms with Crippen molar-refractivity contribution in [1.82, 2.24) is 25.1 Å². The molecule has 0 fully saturated rings. The summed E-state index contributed by atoms with van der Waals surface area (Å²) in [5, 5.41) is 7.77. The fourth-order valence-corrected chi connectivity index (χ4v) is 3.11. The number of aromatic amines is 2. The lowest BCUT2D eigenvalue weighted by atomic mass is 10.1. The van der Waals surface area contributed by atoms with Crippen molar-refractivity contribution < 1.29 is 4.74 Å². The lowest BCUT2D eigenvalue weighted by Crippen LogP contribution is -1.92. The Morgan fingerprint density at radius 3 is 2.46 bits per heavy atom. The Morgan fingerprint density at radius 2 is 1.71 bits per heavy atom. The van der Waals surface area contributed by atoms with E-state index in [0.717, 1.165) is 33.7 Å². The van der Waals surface area contributed by atoms with Crippen molar-refractivity contribution in [1.29, 1.82) is 0 Å². The molecule has 0 saturated carbocycles. The van der Waals surface area contributed by atoms with Crippen LogP contribution < -0.4 is 10.5 Å². The molecule has 0 aliphatic heterocycles. The highest BCUT2D eigenvalue weighted by Gasteiger charge is 2.16. The molecule has 0 aliphatic rings. The summed E-state index contributed by atoms with van der Waals surface area (Å²) in [4.78, 5) is 12.1. The molecule has 0 atom stereocenters. The van der Waals surface area contributed by atoms with Crippen LogP contribution in [-0.4, -0.2) is 25.1 Å². The van der Waals surface area contributed by atoms with Crippen LogP contribution in [0.1, 0.15) is 0 Å². The second kappa shape index (κ2) is 6.55. The summed E-state index contributed by atoms with van der Waals surface area (Å²) in [5.41, 5.74) is 9.16. The van der Waals surface area contributed by atoms with Gasteiger partial charge < -0.3 is 15.5 Å². The number of hydrogen-bond acceptors (Lipinski definition) is 5. The number of anilines is 1. The first kappa shape index (κ1) is 16.1. The Hall–Kier alpha value is -4.13. The van der Waals surface area contributed by atoms with Crippen molar-refractivity contribution in [3.8, 4) is 34.1 Å². The second-order valence-electron chi connectivity index (χ2n) is 6.27. The first-order chi connectivity index (χ1) is 13.8. The third-order valence-corrected chi connectivity index (χ3v) is 4.43. The zero-order valence-corrected chi connectivity index (χ0v) is 14.8. The number of para-hydroxylation sites is 1. The van der Waals surface area contributed by atoms with Gasteiger partial charge in [0.15, 0.2) is 5.65 Å². The molecule has 4 N–H and O–H groups in total. The van der Waals surface area contributed by atoms with Gasteiger partial charge in [-0.25, -0.2) is 9.97 Å². The molecule has 0 aliphatic carbocycles. The Balaban J connectivity index is 1.54. The Morgan fingerprint density at radius 1 is 0.929 bits per heavy atom. The summed E-state index contributed by atoms with van der Waals surface area (Å²) in [7, 11) is 0. The number of pyridine rings is 1. The maximum Gasteiger partial charge on any atom is 0.184 e. The van der Waals surface area contributed by atoms with Gasteiger partial charge in [0.05, 0.1) is 11.1 Å². The van der Waals surface area contributed by atoms with Crippen molar-refractivity contribution in [2.75, 3.05) is 5.73 Å². The maximum atomic E-state index is 6.05. The molecule has 0 unspecified atom stereocenters. The van der Waals surface area contributed by atoms with E-state index in [2.05, 4.69) is 25.1 Å². The molecule has 7 nitrogen and oxygen atoms in total. The number of rotatable bonds is 4. The van der Waals surface area contributed by atoms with E-state index in [1.807, 2.05) is 60.7 Å². The van der Waals surface area contributed by atoms with Crippen LogP contribution in [0.4, 0.5) is 5.82 Å². The van der Waals surface area contributed by atoms with E-state index in [9.17, 15) is 0 Å². The topological polar surface area (TPSA) is 106 Å². The highest BCUT2D eigenvalue weighted by molar-refractivity contribution is 6.00. The Labute approximate surface area is 160 Å². The number of hydrogen-bond donors (Lipinski definition) is 3. The van der Waals surface area contributed by atoms with Crippen molar-refractivity contribution in [2.45, 2.75) is 0 Å². The van der Waals surface area contributed by atoms with E-state index < -0.39 is 0 Å². The van der Waals surface area contributed by atoms with Gasteiger partial charge in [-0.3, -0.25) is 5.10 Å². The average Bonchev–Trinajstić information content (AvgIpc) is 3.39. The fraction of sp³-hybridized carbons (Fsp3) is 0. The van der Waals surface area contributed by atoms with E-state index >= 15 is 0 Å². The number of aromatic nitrogens is 5. The zero-order valence-electron chi connectivity index (χ0n) is 14.8. The molecule has 7 heteroatoms. The summed E-state index contributed by atoms with van der Waals surface area (Å²) in [6, 6.07) is 19.4. The summed E-state index contributed by atoms with van der Waals surface area (Å²) in [5.74, 6) is 2.73. The van der Waals surface area contributed by atoms with Crippen molar-refractivity contribution in [3.05, 3.63) is 73.1 Å². The summed E-state index contributed by atoms with van der Waals surface area (Å²) >= 11 is 0. The molecule has 3 heterocycles. The first-order valence-corrected chi connectivity index (χ1v) is 8.75. The van der Waals surface area contributed by atoms with Gasteiger partial charge in [-0.15, -0.1) is 0 Å². The van der Waals surface area contributed by atoms with Gasteiger partial charge in [0.2, 0.25) is 0 Å². The predicted molar refractivity (Wildman–Crippen MR) is 108 cm³/mol. The smallest absolute Gasteiger partial charge is 0.184 e.